The lowest BCUT2D eigenvalue weighted by Crippen LogP contribution is -2.21. The Balaban J connectivity index is 1.88. The normalized spacial score (nSPS) is 10.9. The molecule has 0 fully saturated rings. The average molecular weight is 366 g/mol. The van der Waals surface area contributed by atoms with E-state index in [0.29, 0.717) is 5.69 Å². The Labute approximate surface area is 145 Å². The van der Waals surface area contributed by atoms with Crippen molar-refractivity contribution >= 4 is 23.5 Å². The number of primary amides is 1. The van der Waals surface area contributed by atoms with Crippen LogP contribution in [0.2, 0.25) is 0 Å². The van der Waals surface area contributed by atoms with Crippen LogP contribution >= 0.6 is 0 Å². The number of esters is 1. The number of hydrogen-bond acceptors (Lipinski definition) is 4. The third-order valence-electron chi connectivity index (χ3n) is 3.24. The smallest absolute Gasteiger partial charge is 0.416 e. The molecule has 0 heterocycles. The van der Waals surface area contributed by atoms with Crippen molar-refractivity contribution in [1.29, 1.82) is 0 Å². The van der Waals surface area contributed by atoms with Crippen molar-refractivity contribution in [3.63, 3.8) is 0 Å². The highest BCUT2D eigenvalue weighted by Crippen LogP contribution is 2.29. The van der Waals surface area contributed by atoms with Crippen molar-refractivity contribution in [2.75, 3.05) is 11.9 Å². The van der Waals surface area contributed by atoms with Gasteiger partial charge in [0.25, 0.3) is 5.91 Å². The van der Waals surface area contributed by atoms with E-state index >= 15 is 0 Å². The summed E-state index contributed by atoms with van der Waals surface area (Å²) in [6, 6.07) is 9.12. The summed E-state index contributed by atoms with van der Waals surface area (Å²) >= 11 is 0. The molecule has 0 saturated carbocycles. The van der Waals surface area contributed by atoms with Gasteiger partial charge >= 0.3 is 12.1 Å². The molecule has 6 nitrogen and oxygen atoms in total. The van der Waals surface area contributed by atoms with Gasteiger partial charge in [0.1, 0.15) is 0 Å². The van der Waals surface area contributed by atoms with Crippen LogP contribution in [0.4, 0.5) is 18.9 Å². The Morgan fingerprint density at radius 3 is 1.96 bits per heavy atom. The Bertz CT molecular complexity index is 815. The molecule has 0 radical (unpaired) electrons. The van der Waals surface area contributed by atoms with Gasteiger partial charge < -0.3 is 15.8 Å². The predicted molar refractivity (Wildman–Crippen MR) is 85.3 cm³/mol. The van der Waals surface area contributed by atoms with Gasteiger partial charge in [-0.05, 0) is 48.5 Å². The summed E-state index contributed by atoms with van der Waals surface area (Å²) in [5, 5.41) is 2.43. The zero-order valence-electron chi connectivity index (χ0n) is 13.2. The van der Waals surface area contributed by atoms with Gasteiger partial charge in [-0.25, -0.2) is 4.79 Å². The van der Waals surface area contributed by atoms with Crippen molar-refractivity contribution in [3.05, 3.63) is 65.2 Å². The number of carbonyl (C=O) groups is 3. The minimum absolute atomic E-state index is 0.114. The summed E-state index contributed by atoms with van der Waals surface area (Å²) in [5.41, 5.74) is 4.69. The van der Waals surface area contributed by atoms with Crippen LogP contribution in [0.1, 0.15) is 26.3 Å². The van der Waals surface area contributed by atoms with Crippen LogP contribution in [-0.4, -0.2) is 24.4 Å². The van der Waals surface area contributed by atoms with Crippen LogP contribution < -0.4 is 11.1 Å². The molecule has 0 atom stereocenters. The fourth-order valence-electron chi connectivity index (χ4n) is 1.92. The molecule has 0 saturated heterocycles. The van der Waals surface area contributed by atoms with Crippen molar-refractivity contribution in [2.45, 2.75) is 6.18 Å². The number of nitrogens with two attached hydrogens (primary N) is 1. The van der Waals surface area contributed by atoms with Gasteiger partial charge in [-0.3, -0.25) is 9.59 Å². The van der Waals surface area contributed by atoms with Gasteiger partial charge in [-0.15, -0.1) is 0 Å². The number of carbonyl (C=O) groups excluding carboxylic acids is 3. The van der Waals surface area contributed by atoms with Crippen molar-refractivity contribution in [1.82, 2.24) is 0 Å². The minimum atomic E-state index is -4.51. The molecule has 0 aliphatic heterocycles. The quantitative estimate of drug-likeness (QED) is 0.795. The molecule has 2 rings (SSSR count). The maximum Gasteiger partial charge on any atom is 0.416 e. The lowest BCUT2D eigenvalue weighted by Gasteiger charge is -2.08. The minimum Gasteiger partial charge on any atom is -0.452 e. The molecule has 26 heavy (non-hydrogen) atoms. The fraction of sp³-hybridized carbons (Fsp3) is 0.118. The highest BCUT2D eigenvalue weighted by molar-refractivity contribution is 5.96. The van der Waals surface area contributed by atoms with Crippen LogP contribution in [0.5, 0.6) is 0 Å². The Morgan fingerprint density at radius 2 is 1.46 bits per heavy atom. The SMILES string of the molecule is NC(=O)c1ccc(NC(=O)COC(=O)c2ccc(C(F)(F)F)cc2)cc1. The van der Waals surface area contributed by atoms with E-state index in [1.54, 1.807) is 0 Å². The largest absolute Gasteiger partial charge is 0.452 e. The number of benzene rings is 2. The van der Waals surface area contributed by atoms with E-state index in [1.807, 2.05) is 0 Å². The molecule has 0 aliphatic carbocycles. The van der Waals surface area contributed by atoms with Crippen LogP contribution in [0.25, 0.3) is 0 Å². The lowest BCUT2D eigenvalue weighted by atomic mass is 10.1. The van der Waals surface area contributed by atoms with E-state index in [-0.39, 0.29) is 11.1 Å². The summed E-state index contributed by atoms with van der Waals surface area (Å²) in [4.78, 5) is 34.4. The fourth-order valence-corrected chi connectivity index (χ4v) is 1.92. The van der Waals surface area contributed by atoms with Gasteiger partial charge in [0.2, 0.25) is 5.91 Å². The Hall–Kier alpha value is -3.36. The van der Waals surface area contributed by atoms with Crippen molar-refractivity contribution in [2.24, 2.45) is 5.73 Å². The summed E-state index contributed by atoms with van der Waals surface area (Å²) < 4.78 is 42.1. The number of amides is 2. The van der Waals surface area contributed by atoms with Crippen molar-refractivity contribution in [3.8, 4) is 0 Å². The maximum absolute atomic E-state index is 12.5. The van der Waals surface area contributed by atoms with Gasteiger partial charge in [0, 0.05) is 11.3 Å². The first-order valence-electron chi connectivity index (χ1n) is 7.21. The highest BCUT2D eigenvalue weighted by Gasteiger charge is 2.30. The second-order valence-corrected chi connectivity index (χ2v) is 5.14. The molecule has 136 valence electrons. The Kier molecular flexibility index (Phi) is 5.61. The predicted octanol–water partition coefficient (Wildman–Crippen LogP) is 2.60. The zero-order chi connectivity index (χ0) is 19.3. The Morgan fingerprint density at radius 1 is 0.923 bits per heavy atom. The molecular formula is C17H13F3N2O4. The number of ether oxygens (including phenoxy) is 1. The molecule has 0 aliphatic rings. The van der Waals surface area contributed by atoms with E-state index in [0.717, 1.165) is 24.3 Å². The second-order valence-electron chi connectivity index (χ2n) is 5.14. The van der Waals surface area contributed by atoms with Gasteiger partial charge in [0.05, 0.1) is 11.1 Å². The number of hydrogen-bond donors (Lipinski definition) is 2. The summed E-state index contributed by atoms with van der Waals surface area (Å²) in [7, 11) is 0. The number of anilines is 1. The summed E-state index contributed by atoms with van der Waals surface area (Å²) in [6.07, 6.45) is -4.51. The standard InChI is InChI=1S/C17H13F3N2O4/c18-17(19,20)12-5-1-11(2-6-12)16(25)26-9-14(23)22-13-7-3-10(4-8-13)15(21)24/h1-8H,9H2,(H2,21,24)(H,22,23). The van der Waals surface area contributed by atoms with Crippen LogP contribution in [0, 0.1) is 0 Å². The van der Waals surface area contributed by atoms with Crippen LogP contribution in [0.3, 0.4) is 0 Å². The maximum atomic E-state index is 12.5. The summed E-state index contributed by atoms with van der Waals surface area (Å²) in [6.45, 7) is -0.628. The lowest BCUT2D eigenvalue weighted by molar-refractivity contribution is -0.137. The topological polar surface area (TPSA) is 98.5 Å². The van der Waals surface area contributed by atoms with Crippen LogP contribution in [-0.2, 0) is 15.7 Å². The van der Waals surface area contributed by atoms with Gasteiger partial charge in [-0.1, -0.05) is 0 Å². The molecule has 9 heteroatoms. The number of rotatable bonds is 5. The number of alkyl halides is 3. The molecule has 2 aromatic carbocycles. The number of halogens is 3. The molecule has 3 N–H and O–H groups in total. The van der Waals surface area contributed by atoms with Crippen molar-refractivity contribution < 1.29 is 32.3 Å². The third kappa shape index (κ3) is 5.07. The van der Waals surface area contributed by atoms with Gasteiger partial charge in [0.15, 0.2) is 6.61 Å². The monoisotopic (exact) mass is 366 g/mol. The first-order valence-corrected chi connectivity index (χ1v) is 7.21. The second kappa shape index (κ2) is 7.68. The summed E-state index contributed by atoms with van der Waals surface area (Å²) in [5.74, 6) is -2.21. The van der Waals surface area contributed by atoms with E-state index < -0.39 is 36.1 Å². The van der Waals surface area contributed by atoms with E-state index in [4.69, 9.17) is 10.5 Å². The van der Waals surface area contributed by atoms with E-state index in [2.05, 4.69) is 5.32 Å². The third-order valence-corrected chi connectivity index (χ3v) is 3.24. The molecule has 0 spiro atoms. The molecule has 2 amide bonds. The first kappa shape index (κ1) is 19.0. The highest BCUT2D eigenvalue weighted by atomic mass is 19.4. The number of nitrogens with one attached hydrogen (secondary N) is 1. The van der Waals surface area contributed by atoms with Crippen LogP contribution in [0.15, 0.2) is 48.5 Å². The first-order chi connectivity index (χ1) is 12.2. The molecule has 0 aromatic heterocycles. The molecular weight excluding hydrogens is 353 g/mol. The molecule has 2 aromatic rings. The van der Waals surface area contributed by atoms with Gasteiger partial charge in [-0.2, -0.15) is 13.2 Å². The molecule has 0 bridgehead atoms. The zero-order valence-corrected chi connectivity index (χ0v) is 13.2. The average Bonchev–Trinajstić information content (AvgIpc) is 2.59. The van der Waals surface area contributed by atoms with E-state index in [1.165, 1.54) is 24.3 Å². The molecule has 0 unspecified atom stereocenters. The van der Waals surface area contributed by atoms with E-state index in [9.17, 15) is 27.6 Å².